The van der Waals surface area contributed by atoms with Gasteiger partial charge in [-0.2, -0.15) is 13.2 Å². The number of carbonyl (C=O) groups is 1. The number of nitrogens with zero attached hydrogens (tertiary/aromatic N) is 1. The lowest BCUT2D eigenvalue weighted by Crippen LogP contribution is -2.38. The van der Waals surface area contributed by atoms with Crippen molar-refractivity contribution in [2.75, 3.05) is 6.54 Å². The van der Waals surface area contributed by atoms with Gasteiger partial charge in [0, 0.05) is 12.6 Å². The third-order valence-electron chi connectivity index (χ3n) is 3.85. The van der Waals surface area contributed by atoms with Crippen molar-refractivity contribution in [2.45, 2.75) is 44.8 Å². The maximum atomic E-state index is 14.0. The van der Waals surface area contributed by atoms with Crippen LogP contribution in [0.2, 0.25) is 0 Å². The largest absolute Gasteiger partial charge is 0.419 e. The number of carbonyl (C=O) groups excluding carboxylic acids is 1. The molecule has 1 amide bonds. The van der Waals surface area contributed by atoms with E-state index >= 15 is 0 Å². The number of alkyl halides is 3. The molecule has 1 aromatic rings. The minimum atomic E-state index is -4.80. The normalized spacial score (nSPS) is 20.2. The highest BCUT2D eigenvalue weighted by atomic mass is 19.4. The van der Waals surface area contributed by atoms with Gasteiger partial charge >= 0.3 is 6.18 Å². The summed E-state index contributed by atoms with van der Waals surface area (Å²) in [5, 5.41) is 0. The molecule has 0 saturated carbocycles. The van der Waals surface area contributed by atoms with E-state index in [0.717, 1.165) is 37.8 Å². The van der Waals surface area contributed by atoms with Crippen LogP contribution in [0, 0.1) is 5.82 Å². The van der Waals surface area contributed by atoms with Gasteiger partial charge in [0.2, 0.25) is 0 Å². The second-order valence-corrected chi connectivity index (χ2v) is 5.36. The smallest absolute Gasteiger partial charge is 0.336 e. The Balaban J connectivity index is 2.35. The van der Waals surface area contributed by atoms with Crippen LogP contribution in [0.4, 0.5) is 17.6 Å². The Bertz CT molecular complexity index is 527. The molecular formula is C15H17F4NO. The molecule has 1 fully saturated rings. The summed E-state index contributed by atoms with van der Waals surface area (Å²) in [5.41, 5.74) is -1.89. The van der Waals surface area contributed by atoms with Crippen molar-refractivity contribution < 1.29 is 22.4 Å². The zero-order chi connectivity index (χ0) is 15.6. The molecule has 116 valence electrons. The van der Waals surface area contributed by atoms with Crippen LogP contribution < -0.4 is 0 Å². The van der Waals surface area contributed by atoms with Crippen LogP contribution in [0.3, 0.4) is 0 Å². The highest BCUT2D eigenvalue weighted by Gasteiger charge is 2.36. The molecule has 1 unspecified atom stereocenters. The van der Waals surface area contributed by atoms with Crippen molar-refractivity contribution in [2.24, 2.45) is 0 Å². The monoisotopic (exact) mass is 303 g/mol. The van der Waals surface area contributed by atoms with E-state index < -0.39 is 29.0 Å². The summed E-state index contributed by atoms with van der Waals surface area (Å²) in [6.45, 7) is 2.30. The molecule has 0 aliphatic carbocycles. The molecular weight excluding hydrogens is 286 g/mol. The van der Waals surface area contributed by atoms with Crippen molar-refractivity contribution in [1.82, 2.24) is 4.90 Å². The lowest BCUT2D eigenvalue weighted by atomic mass is 10.1. The van der Waals surface area contributed by atoms with Gasteiger partial charge in [0.25, 0.3) is 5.91 Å². The van der Waals surface area contributed by atoms with Crippen molar-refractivity contribution in [3.8, 4) is 0 Å². The van der Waals surface area contributed by atoms with Gasteiger partial charge < -0.3 is 4.90 Å². The lowest BCUT2D eigenvalue weighted by Gasteiger charge is -2.27. The summed E-state index contributed by atoms with van der Waals surface area (Å²) in [6.07, 6.45) is -1.29. The Kier molecular flexibility index (Phi) is 4.54. The molecule has 1 aromatic carbocycles. The van der Waals surface area contributed by atoms with E-state index in [-0.39, 0.29) is 6.04 Å². The molecule has 1 atom stereocenters. The van der Waals surface area contributed by atoms with Crippen LogP contribution in [0.5, 0.6) is 0 Å². The van der Waals surface area contributed by atoms with Crippen LogP contribution in [-0.4, -0.2) is 23.4 Å². The molecule has 1 saturated heterocycles. The van der Waals surface area contributed by atoms with Crippen LogP contribution >= 0.6 is 0 Å². The van der Waals surface area contributed by atoms with Crippen LogP contribution in [0.1, 0.15) is 48.5 Å². The zero-order valence-corrected chi connectivity index (χ0v) is 11.7. The molecule has 0 bridgehead atoms. The Morgan fingerprint density at radius 1 is 1.24 bits per heavy atom. The number of rotatable bonds is 1. The molecule has 21 heavy (non-hydrogen) atoms. The number of halogens is 4. The van der Waals surface area contributed by atoms with Crippen LogP contribution in [0.25, 0.3) is 0 Å². The summed E-state index contributed by atoms with van der Waals surface area (Å²) in [5.74, 6) is -2.14. The maximum Gasteiger partial charge on any atom is 0.419 e. The van der Waals surface area contributed by atoms with Gasteiger partial charge in [0.1, 0.15) is 5.82 Å². The van der Waals surface area contributed by atoms with Crippen LogP contribution in [-0.2, 0) is 6.18 Å². The molecule has 1 aliphatic rings. The summed E-state index contributed by atoms with van der Waals surface area (Å²) in [7, 11) is 0. The molecule has 2 rings (SSSR count). The first-order valence-electron chi connectivity index (χ1n) is 6.99. The Labute approximate surface area is 120 Å². The number of hydrogen-bond acceptors (Lipinski definition) is 1. The third kappa shape index (κ3) is 3.36. The molecule has 0 radical (unpaired) electrons. The van der Waals surface area contributed by atoms with Crippen molar-refractivity contribution in [3.63, 3.8) is 0 Å². The third-order valence-corrected chi connectivity index (χ3v) is 3.85. The summed E-state index contributed by atoms with van der Waals surface area (Å²) < 4.78 is 52.2. The molecule has 2 nitrogen and oxygen atoms in total. The van der Waals surface area contributed by atoms with E-state index in [9.17, 15) is 22.4 Å². The van der Waals surface area contributed by atoms with E-state index in [0.29, 0.717) is 12.6 Å². The van der Waals surface area contributed by atoms with Gasteiger partial charge in [-0.25, -0.2) is 4.39 Å². The second kappa shape index (κ2) is 6.03. The number of likely N-dealkylation sites (tertiary alicyclic amines) is 1. The average Bonchev–Trinajstić information content (AvgIpc) is 2.61. The number of benzene rings is 1. The topological polar surface area (TPSA) is 20.3 Å². The average molecular weight is 303 g/mol. The summed E-state index contributed by atoms with van der Waals surface area (Å²) >= 11 is 0. The minimum Gasteiger partial charge on any atom is -0.336 e. The highest BCUT2D eigenvalue weighted by Crippen LogP contribution is 2.33. The van der Waals surface area contributed by atoms with E-state index in [2.05, 4.69) is 0 Å². The van der Waals surface area contributed by atoms with Gasteiger partial charge in [-0.1, -0.05) is 18.9 Å². The van der Waals surface area contributed by atoms with Gasteiger partial charge in [0.15, 0.2) is 0 Å². The van der Waals surface area contributed by atoms with E-state index in [1.54, 1.807) is 0 Å². The predicted molar refractivity (Wildman–Crippen MR) is 70.4 cm³/mol. The molecule has 0 spiro atoms. The van der Waals surface area contributed by atoms with Gasteiger partial charge in [-0.3, -0.25) is 4.79 Å². The minimum absolute atomic E-state index is 0.0889. The molecule has 1 aliphatic heterocycles. The quantitative estimate of drug-likeness (QED) is 0.710. The van der Waals surface area contributed by atoms with Gasteiger partial charge in [-0.05, 0) is 31.9 Å². The highest BCUT2D eigenvalue weighted by molar-refractivity contribution is 5.95. The van der Waals surface area contributed by atoms with Gasteiger partial charge in [0.05, 0.1) is 11.1 Å². The SMILES string of the molecule is CC1CCCCCN1C(=O)c1cccc(C(F)(F)F)c1F. The standard InChI is InChI=1S/C15H17F4NO/c1-10-6-3-2-4-9-20(10)14(21)11-7-5-8-12(13(11)16)15(17,18)19/h5,7-8,10H,2-4,6,9H2,1H3. The Morgan fingerprint density at radius 2 is 1.95 bits per heavy atom. The zero-order valence-electron chi connectivity index (χ0n) is 11.7. The Morgan fingerprint density at radius 3 is 2.62 bits per heavy atom. The molecule has 0 aromatic heterocycles. The fourth-order valence-corrected chi connectivity index (χ4v) is 2.65. The first-order chi connectivity index (χ1) is 9.82. The summed E-state index contributed by atoms with van der Waals surface area (Å²) in [6, 6.07) is 2.75. The lowest BCUT2D eigenvalue weighted by molar-refractivity contribution is -0.140. The van der Waals surface area contributed by atoms with Crippen molar-refractivity contribution in [3.05, 3.63) is 35.1 Å². The first-order valence-corrected chi connectivity index (χ1v) is 6.99. The molecule has 0 N–H and O–H groups in total. The molecule has 1 heterocycles. The van der Waals surface area contributed by atoms with Crippen LogP contribution in [0.15, 0.2) is 18.2 Å². The maximum absolute atomic E-state index is 14.0. The fourth-order valence-electron chi connectivity index (χ4n) is 2.65. The molecule has 6 heteroatoms. The fraction of sp³-hybridized carbons (Fsp3) is 0.533. The number of hydrogen-bond donors (Lipinski definition) is 0. The van der Waals surface area contributed by atoms with Crippen molar-refractivity contribution >= 4 is 5.91 Å². The van der Waals surface area contributed by atoms with Crippen molar-refractivity contribution in [1.29, 1.82) is 0 Å². The Hall–Kier alpha value is -1.59. The van der Waals surface area contributed by atoms with E-state index in [4.69, 9.17) is 0 Å². The van der Waals surface area contributed by atoms with E-state index in [1.807, 2.05) is 6.92 Å². The second-order valence-electron chi connectivity index (χ2n) is 5.36. The number of amides is 1. The predicted octanol–water partition coefficient (Wildman–Crippen LogP) is 4.25. The van der Waals surface area contributed by atoms with Gasteiger partial charge in [-0.15, -0.1) is 0 Å². The summed E-state index contributed by atoms with van der Waals surface area (Å²) in [4.78, 5) is 13.9. The van der Waals surface area contributed by atoms with E-state index in [1.165, 1.54) is 4.90 Å². The first kappa shape index (κ1) is 15.8.